The van der Waals surface area contributed by atoms with Crippen molar-refractivity contribution in [2.75, 3.05) is 17.2 Å². The number of hydrogen-bond donors (Lipinski definition) is 4. The molecule has 33 heavy (non-hydrogen) atoms. The fraction of sp³-hybridized carbons (Fsp3) is 0.227. The Kier molecular flexibility index (Phi) is 6.31. The van der Waals surface area contributed by atoms with Gasteiger partial charge in [0.05, 0.1) is 12.1 Å². The maximum atomic E-state index is 12.7. The minimum Gasteiger partial charge on any atom is -0.376 e. The average molecular weight is 561 g/mol. The molecular formula is C22H20IN5O5. The summed E-state index contributed by atoms with van der Waals surface area (Å²) in [6.07, 6.45) is 0.492. The minimum atomic E-state index is -0.677. The van der Waals surface area contributed by atoms with Crippen molar-refractivity contribution in [3.63, 3.8) is 0 Å². The average Bonchev–Trinajstić information content (AvgIpc) is 3.09. The Labute approximate surface area is 202 Å². The number of hydrogen-bond acceptors (Lipinski definition) is 6. The van der Waals surface area contributed by atoms with Gasteiger partial charge in [0.15, 0.2) is 0 Å². The molecular weight excluding hydrogens is 541 g/mol. The van der Waals surface area contributed by atoms with Gasteiger partial charge in [-0.3, -0.25) is 29.3 Å². The molecule has 5 amide bonds. The molecule has 0 aromatic heterocycles. The Hall–Kier alpha value is -3.48. The summed E-state index contributed by atoms with van der Waals surface area (Å²) >= 11 is 1.99. The SMILES string of the molecule is NC(=O)c1cc(NC(=O)CNc2ccc3c(c2)CN(C2CCC(=O)NC2=O)C3=O)ccc1I. The summed E-state index contributed by atoms with van der Waals surface area (Å²) in [5, 5.41) is 7.99. The molecule has 0 aliphatic carbocycles. The summed E-state index contributed by atoms with van der Waals surface area (Å²) in [5.41, 5.74) is 7.99. The van der Waals surface area contributed by atoms with Gasteiger partial charge in [-0.25, -0.2) is 0 Å². The highest BCUT2D eigenvalue weighted by Crippen LogP contribution is 2.29. The van der Waals surface area contributed by atoms with E-state index in [2.05, 4.69) is 16.0 Å². The second-order valence-corrected chi connectivity index (χ2v) is 8.89. The number of anilines is 2. The number of primary amides is 1. The van der Waals surface area contributed by atoms with Crippen molar-refractivity contribution in [3.8, 4) is 0 Å². The van der Waals surface area contributed by atoms with Crippen LogP contribution in [0.15, 0.2) is 36.4 Å². The van der Waals surface area contributed by atoms with Crippen molar-refractivity contribution in [2.45, 2.75) is 25.4 Å². The van der Waals surface area contributed by atoms with E-state index in [0.29, 0.717) is 32.5 Å². The van der Waals surface area contributed by atoms with Gasteiger partial charge < -0.3 is 21.3 Å². The smallest absolute Gasteiger partial charge is 0.255 e. The molecule has 0 spiro atoms. The molecule has 1 saturated heterocycles. The maximum absolute atomic E-state index is 12.7. The number of nitrogens with zero attached hydrogens (tertiary/aromatic N) is 1. The molecule has 2 aliphatic heterocycles. The predicted molar refractivity (Wildman–Crippen MR) is 127 cm³/mol. The lowest BCUT2D eigenvalue weighted by atomic mass is 10.0. The van der Waals surface area contributed by atoms with Crippen LogP contribution in [0.1, 0.15) is 39.1 Å². The normalized spacial score (nSPS) is 17.4. The number of nitrogens with one attached hydrogen (secondary N) is 3. The Bertz CT molecular complexity index is 1200. The highest BCUT2D eigenvalue weighted by atomic mass is 127. The molecule has 0 bridgehead atoms. The predicted octanol–water partition coefficient (Wildman–Crippen LogP) is 1.20. The number of carbonyl (C=O) groups is 5. The number of nitrogens with two attached hydrogens (primary N) is 1. The Balaban J connectivity index is 1.38. The molecule has 2 aliphatic rings. The van der Waals surface area contributed by atoms with Gasteiger partial charge in [0.1, 0.15) is 6.04 Å². The molecule has 5 N–H and O–H groups in total. The first-order valence-electron chi connectivity index (χ1n) is 10.1. The number of rotatable bonds is 6. The third-order valence-electron chi connectivity index (χ3n) is 5.49. The van der Waals surface area contributed by atoms with Gasteiger partial charge in [0, 0.05) is 33.5 Å². The van der Waals surface area contributed by atoms with Crippen LogP contribution in [0.3, 0.4) is 0 Å². The van der Waals surface area contributed by atoms with E-state index >= 15 is 0 Å². The topological polar surface area (TPSA) is 151 Å². The van der Waals surface area contributed by atoms with Crippen molar-refractivity contribution in [2.24, 2.45) is 5.73 Å². The highest BCUT2D eigenvalue weighted by Gasteiger charge is 2.39. The van der Waals surface area contributed by atoms with Crippen molar-refractivity contribution >= 4 is 63.5 Å². The quantitative estimate of drug-likeness (QED) is 0.308. The molecule has 4 rings (SSSR count). The molecule has 1 atom stereocenters. The van der Waals surface area contributed by atoms with Crippen LogP contribution in [0.2, 0.25) is 0 Å². The monoisotopic (exact) mass is 561 g/mol. The van der Waals surface area contributed by atoms with Crippen molar-refractivity contribution in [1.29, 1.82) is 0 Å². The molecule has 2 aromatic rings. The molecule has 0 radical (unpaired) electrons. The molecule has 2 heterocycles. The lowest BCUT2D eigenvalue weighted by Crippen LogP contribution is -2.52. The standard InChI is InChI=1S/C22H20IN5O5/c23-16-4-2-13(8-15(16)20(24)31)26-19(30)9-25-12-1-3-14-11(7-12)10-28(22(14)33)17-5-6-18(29)27-21(17)32/h1-4,7-8,17,25H,5-6,9-10H2,(H2,24,31)(H,26,30)(H,27,29,32). The number of imide groups is 1. The summed E-state index contributed by atoms with van der Waals surface area (Å²) < 4.78 is 0.690. The third-order valence-corrected chi connectivity index (χ3v) is 6.43. The Morgan fingerprint density at radius 1 is 1.12 bits per heavy atom. The maximum Gasteiger partial charge on any atom is 0.255 e. The number of piperidine rings is 1. The van der Waals surface area contributed by atoms with Crippen LogP contribution < -0.4 is 21.7 Å². The van der Waals surface area contributed by atoms with Crippen molar-refractivity contribution < 1.29 is 24.0 Å². The molecule has 2 aromatic carbocycles. The van der Waals surface area contributed by atoms with Gasteiger partial charge in [0.25, 0.3) is 5.91 Å². The summed E-state index contributed by atoms with van der Waals surface area (Å²) in [6, 6.07) is 9.32. The van der Waals surface area contributed by atoms with Gasteiger partial charge in [-0.15, -0.1) is 0 Å². The zero-order valence-electron chi connectivity index (χ0n) is 17.3. The molecule has 0 saturated carbocycles. The van der Waals surface area contributed by atoms with Crippen LogP contribution in [0.5, 0.6) is 0 Å². The molecule has 11 heteroatoms. The van der Waals surface area contributed by atoms with Gasteiger partial charge in [0.2, 0.25) is 23.6 Å². The number of amides is 5. The van der Waals surface area contributed by atoms with Crippen molar-refractivity contribution in [1.82, 2.24) is 10.2 Å². The molecule has 170 valence electrons. The van der Waals surface area contributed by atoms with Crippen LogP contribution >= 0.6 is 22.6 Å². The largest absolute Gasteiger partial charge is 0.376 e. The van der Waals surface area contributed by atoms with E-state index in [-0.39, 0.29) is 37.2 Å². The second-order valence-electron chi connectivity index (χ2n) is 7.73. The summed E-state index contributed by atoms with van der Waals surface area (Å²) in [4.78, 5) is 61.6. The van der Waals surface area contributed by atoms with Gasteiger partial charge in [-0.05, 0) is 71.0 Å². The van der Waals surface area contributed by atoms with Gasteiger partial charge in [-0.2, -0.15) is 0 Å². The Morgan fingerprint density at radius 3 is 2.61 bits per heavy atom. The zero-order chi connectivity index (χ0) is 23.7. The van der Waals surface area contributed by atoms with Crippen LogP contribution in [0.4, 0.5) is 11.4 Å². The van der Waals surface area contributed by atoms with E-state index in [0.717, 1.165) is 5.56 Å². The lowest BCUT2D eigenvalue weighted by Gasteiger charge is -2.29. The van der Waals surface area contributed by atoms with E-state index in [1.807, 2.05) is 22.6 Å². The fourth-order valence-electron chi connectivity index (χ4n) is 3.86. The van der Waals surface area contributed by atoms with E-state index < -0.39 is 17.9 Å². The number of benzene rings is 2. The summed E-state index contributed by atoms with van der Waals surface area (Å²) in [6.45, 7) is 0.211. The molecule has 1 fully saturated rings. The van der Waals surface area contributed by atoms with Gasteiger partial charge in [-0.1, -0.05) is 0 Å². The van der Waals surface area contributed by atoms with Crippen molar-refractivity contribution in [3.05, 3.63) is 56.7 Å². The van der Waals surface area contributed by atoms with E-state index in [4.69, 9.17) is 5.73 Å². The fourth-order valence-corrected chi connectivity index (χ4v) is 4.47. The zero-order valence-corrected chi connectivity index (χ0v) is 19.5. The number of halogens is 1. The van der Waals surface area contributed by atoms with E-state index in [1.165, 1.54) is 11.0 Å². The van der Waals surface area contributed by atoms with Gasteiger partial charge >= 0.3 is 0 Å². The highest BCUT2D eigenvalue weighted by molar-refractivity contribution is 14.1. The second kappa shape index (κ2) is 9.17. The summed E-state index contributed by atoms with van der Waals surface area (Å²) in [5.74, 6) is -1.95. The summed E-state index contributed by atoms with van der Waals surface area (Å²) in [7, 11) is 0. The number of carbonyl (C=O) groups excluding carboxylic acids is 5. The lowest BCUT2D eigenvalue weighted by molar-refractivity contribution is -0.137. The van der Waals surface area contributed by atoms with Crippen LogP contribution in [-0.4, -0.2) is 47.0 Å². The number of fused-ring (bicyclic) bond motifs is 1. The van der Waals surface area contributed by atoms with E-state index in [1.54, 1.807) is 30.3 Å². The first-order valence-corrected chi connectivity index (χ1v) is 11.2. The van der Waals surface area contributed by atoms with E-state index in [9.17, 15) is 24.0 Å². The third kappa shape index (κ3) is 4.82. The molecule has 1 unspecified atom stereocenters. The first-order chi connectivity index (χ1) is 15.7. The molecule has 10 nitrogen and oxygen atoms in total. The first kappa shape index (κ1) is 22.7. The van der Waals surface area contributed by atoms with Crippen LogP contribution in [0.25, 0.3) is 0 Å². The van der Waals surface area contributed by atoms with Crippen LogP contribution in [0, 0.1) is 3.57 Å². The minimum absolute atomic E-state index is 0.0402. The van der Waals surface area contributed by atoms with Crippen LogP contribution in [-0.2, 0) is 20.9 Å². The Morgan fingerprint density at radius 2 is 1.88 bits per heavy atom.